The summed E-state index contributed by atoms with van der Waals surface area (Å²) in [6, 6.07) is 3.91. The van der Waals surface area contributed by atoms with Crippen LogP contribution >= 0.6 is 0 Å². The maximum Gasteiger partial charge on any atom is 0.289 e. The third kappa shape index (κ3) is 3.01. The molecule has 1 aliphatic carbocycles. The van der Waals surface area contributed by atoms with Crippen LogP contribution in [0.4, 0.5) is 0 Å². The van der Waals surface area contributed by atoms with Gasteiger partial charge in [0.1, 0.15) is 0 Å². The molecule has 2 fully saturated rings. The Labute approximate surface area is 117 Å². The van der Waals surface area contributed by atoms with Gasteiger partial charge < -0.3 is 19.5 Å². The molecule has 0 radical (unpaired) electrons. The van der Waals surface area contributed by atoms with Gasteiger partial charge in [0, 0.05) is 32.2 Å². The summed E-state index contributed by atoms with van der Waals surface area (Å²) in [5.74, 6) is 0.389. The van der Waals surface area contributed by atoms with Gasteiger partial charge in [-0.2, -0.15) is 0 Å². The second kappa shape index (κ2) is 5.66. The van der Waals surface area contributed by atoms with Gasteiger partial charge in [0.2, 0.25) is 5.91 Å². The number of hydrogen-bond donors (Lipinski definition) is 1. The maximum atomic E-state index is 12.1. The minimum Gasteiger partial charge on any atom is -0.459 e. The predicted octanol–water partition coefficient (Wildman–Crippen LogP) is 0.316. The number of amides is 2. The Hall–Kier alpha value is -1.82. The molecule has 2 aliphatic rings. The molecule has 6 heteroatoms. The number of furan rings is 1. The number of nitrogens with zero attached hydrogens (tertiary/aromatic N) is 2. The van der Waals surface area contributed by atoms with Gasteiger partial charge in [-0.15, -0.1) is 0 Å². The van der Waals surface area contributed by atoms with Gasteiger partial charge in [-0.1, -0.05) is 0 Å². The van der Waals surface area contributed by atoms with Crippen molar-refractivity contribution in [2.45, 2.75) is 18.9 Å². The van der Waals surface area contributed by atoms with Gasteiger partial charge in [0.05, 0.1) is 12.8 Å². The van der Waals surface area contributed by atoms with Crippen LogP contribution < -0.4 is 5.32 Å². The lowest BCUT2D eigenvalue weighted by molar-refractivity contribution is -0.131. The highest BCUT2D eigenvalue weighted by Crippen LogP contribution is 2.18. The molecule has 0 atom stereocenters. The first-order chi connectivity index (χ1) is 9.74. The van der Waals surface area contributed by atoms with Crippen LogP contribution in [-0.2, 0) is 4.79 Å². The van der Waals surface area contributed by atoms with Crippen LogP contribution in [0.5, 0.6) is 0 Å². The molecule has 108 valence electrons. The summed E-state index contributed by atoms with van der Waals surface area (Å²) in [5.41, 5.74) is 0. The molecular formula is C14H19N3O3. The van der Waals surface area contributed by atoms with E-state index >= 15 is 0 Å². The first-order valence-corrected chi connectivity index (χ1v) is 7.08. The number of rotatable bonds is 4. The smallest absolute Gasteiger partial charge is 0.289 e. The molecule has 1 aliphatic heterocycles. The first kappa shape index (κ1) is 13.2. The molecule has 1 saturated carbocycles. The van der Waals surface area contributed by atoms with Crippen molar-refractivity contribution in [3.63, 3.8) is 0 Å². The van der Waals surface area contributed by atoms with Gasteiger partial charge in [0.25, 0.3) is 5.91 Å². The van der Waals surface area contributed by atoms with Crippen LogP contribution in [0.1, 0.15) is 23.4 Å². The van der Waals surface area contributed by atoms with Crippen LogP contribution in [0.25, 0.3) is 0 Å². The van der Waals surface area contributed by atoms with Gasteiger partial charge in [-0.25, -0.2) is 0 Å². The molecular weight excluding hydrogens is 258 g/mol. The largest absolute Gasteiger partial charge is 0.459 e. The van der Waals surface area contributed by atoms with Crippen molar-refractivity contribution in [2.75, 3.05) is 32.7 Å². The average molecular weight is 277 g/mol. The quantitative estimate of drug-likeness (QED) is 0.860. The van der Waals surface area contributed by atoms with Gasteiger partial charge in [0.15, 0.2) is 5.76 Å². The lowest BCUT2D eigenvalue weighted by Crippen LogP contribution is -2.52. The Morgan fingerprint density at radius 2 is 1.90 bits per heavy atom. The number of carbonyl (C=O) groups excluding carboxylic acids is 2. The van der Waals surface area contributed by atoms with Gasteiger partial charge in [-0.3, -0.25) is 9.59 Å². The second-order valence-corrected chi connectivity index (χ2v) is 5.31. The Morgan fingerprint density at radius 3 is 2.50 bits per heavy atom. The van der Waals surface area contributed by atoms with Gasteiger partial charge in [-0.05, 0) is 25.0 Å². The summed E-state index contributed by atoms with van der Waals surface area (Å²) < 4.78 is 5.11. The highest BCUT2D eigenvalue weighted by atomic mass is 16.3. The fraction of sp³-hybridized carbons (Fsp3) is 0.571. The zero-order valence-corrected chi connectivity index (χ0v) is 11.4. The monoisotopic (exact) mass is 277 g/mol. The SMILES string of the molecule is O=C(CNC1CC1)N1CCN(C(=O)c2ccco2)CC1. The van der Waals surface area contributed by atoms with Crippen molar-refractivity contribution >= 4 is 11.8 Å². The fourth-order valence-corrected chi connectivity index (χ4v) is 2.35. The minimum atomic E-state index is -0.0989. The standard InChI is InChI=1S/C14H19N3O3/c18-13(10-15-11-3-4-11)16-5-7-17(8-6-16)14(19)12-2-1-9-20-12/h1-2,9,11,15H,3-8,10H2. The zero-order chi connectivity index (χ0) is 13.9. The normalized spacial score (nSPS) is 19.2. The van der Waals surface area contributed by atoms with E-state index in [1.54, 1.807) is 17.0 Å². The van der Waals surface area contributed by atoms with Crippen molar-refractivity contribution < 1.29 is 14.0 Å². The molecule has 1 aromatic heterocycles. The predicted molar refractivity (Wildman–Crippen MR) is 72.2 cm³/mol. The molecule has 1 saturated heterocycles. The Morgan fingerprint density at radius 1 is 1.20 bits per heavy atom. The van der Waals surface area contributed by atoms with Crippen LogP contribution in [0.2, 0.25) is 0 Å². The number of carbonyl (C=O) groups is 2. The van der Waals surface area contributed by atoms with E-state index in [1.807, 2.05) is 4.90 Å². The molecule has 1 N–H and O–H groups in total. The summed E-state index contributed by atoms with van der Waals surface area (Å²) in [5, 5.41) is 3.22. The summed E-state index contributed by atoms with van der Waals surface area (Å²) in [7, 11) is 0. The summed E-state index contributed by atoms with van der Waals surface area (Å²) in [6.45, 7) is 2.73. The Kier molecular flexibility index (Phi) is 3.73. The number of nitrogens with one attached hydrogen (secondary N) is 1. The minimum absolute atomic E-state index is 0.0989. The molecule has 2 amide bonds. The van der Waals surface area contributed by atoms with E-state index in [0.717, 1.165) is 0 Å². The molecule has 0 unspecified atom stereocenters. The van der Waals surface area contributed by atoms with Crippen molar-refractivity contribution in [3.05, 3.63) is 24.2 Å². The van der Waals surface area contributed by atoms with E-state index < -0.39 is 0 Å². The summed E-state index contributed by atoms with van der Waals surface area (Å²) >= 11 is 0. The zero-order valence-electron chi connectivity index (χ0n) is 11.4. The fourth-order valence-electron chi connectivity index (χ4n) is 2.35. The maximum absolute atomic E-state index is 12.1. The second-order valence-electron chi connectivity index (χ2n) is 5.31. The van der Waals surface area contributed by atoms with E-state index in [1.165, 1.54) is 19.1 Å². The third-order valence-corrected chi connectivity index (χ3v) is 3.77. The van der Waals surface area contributed by atoms with Crippen molar-refractivity contribution in [2.24, 2.45) is 0 Å². The Balaban J connectivity index is 1.46. The third-order valence-electron chi connectivity index (χ3n) is 3.77. The number of hydrogen-bond acceptors (Lipinski definition) is 4. The van der Waals surface area contributed by atoms with E-state index in [9.17, 15) is 9.59 Å². The lowest BCUT2D eigenvalue weighted by atomic mass is 10.2. The highest BCUT2D eigenvalue weighted by Gasteiger charge is 2.27. The summed E-state index contributed by atoms with van der Waals surface area (Å²) in [4.78, 5) is 27.6. The van der Waals surface area contributed by atoms with Crippen LogP contribution in [0, 0.1) is 0 Å². The van der Waals surface area contributed by atoms with Gasteiger partial charge >= 0.3 is 0 Å². The summed E-state index contributed by atoms with van der Waals surface area (Å²) in [6.07, 6.45) is 3.86. The average Bonchev–Trinajstić information content (AvgIpc) is 3.16. The Bertz CT molecular complexity index is 474. The van der Waals surface area contributed by atoms with Crippen LogP contribution in [0.15, 0.2) is 22.8 Å². The van der Waals surface area contributed by atoms with Crippen LogP contribution in [0.3, 0.4) is 0 Å². The van der Waals surface area contributed by atoms with E-state index in [-0.39, 0.29) is 11.8 Å². The topological polar surface area (TPSA) is 65.8 Å². The molecule has 2 heterocycles. The highest BCUT2D eigenvalue weighted by molar-refractivity contribution is 5.91. The molecule has 6 nitrogen and oxygen atoms in total. The molecule has 1 aromatic rings. The van der Waals surface area contributed by atoms with Crippen molar-refractivity contribution in [3.8, 4) is 0 Å². The molecule has 3 rings (SSSR count). The number of piperazine rings is 1. The molecule has 20 heavy (non-hydrogen) atoms. The van der Waals surface area contributed by atoms with Crippen LogP contribution in [-0.4, -0.2) is 60.4 Å². The molecule has 0 bridgehead atoms. The molecule has 0 spiro atoms. The van der Waals surface area contributed by atoms with Crippen molar-refractivity contribution in [1.82, 2.24) is 15.1 Å². The molecule has 0 aromatic carbocycles. The van der Waals surface area contributed by atoms with E-state index in [0.29, 0.717) is 44.5 Å². The first-order valence-electron chi connectivity index (χ1n) is 7.08. The van der Waals surface area contributed by atoms with E-state index in [4.69, 9.17) is 4.42 Å². The van der Waals surface area contributed by atoms with Crippen molar-refractivity contribution in [1.29, 1.82) is 0 Å². The lowest BCUT2D eigenvalue weighted by Gasteiger charge is -2.34. The van der Waals surface area contributed by atoms with E-state index in [2.05, 4.69) is 5.32 Å².